The number of nitrogens with one attached hydrogen (secondary N) is 2. The van der Waals surface area contributed by atoms with Gasteiger partial charge in [-0.1, -0.05) is 6.07 Å². The lowest BCUT2D eigenvalue weighted by Crippen LogP contribution is -2.35. The summed E-state index contributed by atoms with van der Waals surface area (Å²) >= 11 is 0. The van der Waals surface area contributed by atoms with Crippen molar-refractivity contribution in [3.63, 3.8) is 0 Å². The number of hydrogen-bond acceptors (Lipinski definition) is 7. The SMILES string of the molecule is CN(CCCN(c1nc(Nc2ccc3c(c2)NC(=O)C3)ncc1F)C(F)F)S(C)(=O)=O. The second-order valence-corrected chi connectivity index (χ2v) is 9.09. The van der Waals surface area contributed by atoms with Gasteiger partial charge >= 0.3 is 6.55 Å². The summed E-state index contributed by atoms with van der Waals surface area (Å²) in [6, 6.07) is 5.03. The maximum Gasteiger partial charge on any atom is 0.316 e. The van der Waals surface area contributed by atoms with Crippen LogP contribution in [0.4, 0.5) is 36.3 Å². The highest BCUT2D eigenvalue weighted by molar-refractivity contribution is 7.88. The summed E-state index contributed by atoms with van der Waals surface area (Å²) in [7, 11) is -2.12. The highest BCUT2D eigenvalue weighted by Gasteiger charge is 2.24. The first-order valence-electron chi connectivity index (χ1n) is 9.23. The molecule has 3 rings (SSSR count). The molecule has 0 saturated carbocycles. The number of halogens is 3. The minimum atomic E-state index is -3.45. The smallest absolute Gasteiger partial charge is 0.316 e. The number of rotatable bonds is 9. The lowest BCUT2D eigenvalue weighted by molar-refractivity contribution is -0.115. The van der Waals surface area contributed by atoms with E-state index in [1.807, 2.05) is 0 Å². The standard InChI is InChI=1S/C18H21F3N6O3S/c1-26(31(2,29)30)6-3-7-27(17(20)21)16-13(19)10-22-18(25-16)23-12-5-4-11-8-15(28)24-14(11)9-12/h4-5,9-10,17H,3,6-8H2,1-2H3,(H,24,28)(H,22,23,25). The zero-order chi connectivity index (χ0) is 22.8. The van der Waals surface area contributed by atoms with E-state index in [1.54, 1.807) is 18.2 Å². The summed E-state index contributed by atoms with van der Waals surface area (Å²) in [6.45, 7) is -3.40. The van der Waals surface area contributed by atoms with Gasteiger partial charge in [0.1, 0.15) is 0 Å². The number of nitrogens with zero attached hydrogens (tertiary/aromatic N) is 4. The lowest BCUT2D eigenvalue weighted by Gasteiger charge is -2.24. The fourth-order valence-electron chi connectivity index (χ4n) is 2.97. The van der Waals surface area contributed by atoms with Gasteiger partial charge in [0.2, 0.25) is 21.9 Å². The van der Waals surface area contributed by atoms with Gasteiger partial charge in [0, 0.05) is 31.5 Å². The number of sulfonamides is 1. The topological polar surface area (TPSA) is 108 Å². The maximum atomic E-state index is 14.2. The molecule has 0 atom stereocenters. The van der Waals surface area contributed by atoms with Crippen molar-refractivity contribution in [2.45, 2.75) is 19.4 Å². The number of anilines is 4. The molecule has 0 unspecified atom stereocenters. The Kier molecular flexibility index (Phi) is 6.65. The van der Waals surface area contributed by atoms with Gasteiger partial charge in [-0.15, -0.1) is 0 Å². The number of amides is 1. The molecule has 0 spiro atoms. The van der Waals surface area contributed by atoms with Gasteiger partial charge in [-0.25, -0.2) is 22.1 Å². The van der Waals surface area contributed by atoms with Gasteiger partial charge in [0.25, 0.3) is 0 Å². The third-order valence-electron chi connectivity index (χ3n) is 4.66. The van der Waals surface area contributed by atoms with Crippen molar-refractivity contribution in [1.29, 1.82) is 0 Å². The number of hydrogen-bond donors (Lipinski definition) is 2. The number of benzene rings is 1. The number of alkyl halides is 2. The van der Waals surface area contributed by atoms with Crippen molar-refractivity contribution in [2.24, 2.45) is 0 Å². The highest BCUT2D eigenvalue weighted by atomic mass is 32.2. The zero-order valence-corrected chi connectivity index (χ0v) is 17.6. The molecule has 0 saturated heterocycles. The summed E-state index contributed by atoms with van der Waals surface area (Å²) < 4.78 is 65.3. The van der Waals surface area contributed by atoms with Crippen molar-refractivity contribution < 1.29 is 26.4 Å². The Morgan fingerprint density at radius 1 is 1.29 bits per heavy atom. The van der Waals surface area contributed by atoms with E-state index < -0.39 is 28.2 Å². The molecular weight excluding hydrogens is 437 g/mol. The quantitative estimate of drug-likeness (QED) is 0.555. The van der Waals surface area contributed by atoms with Crippen molar-refractivity contribution in [2.75, 3.05) is 41.9 Å². The Morgan fingerprint density at radius 3 is 2.71 bits per heavy atom. The average Bonchev–Trinajstić information content (AvgIpc) is 3.05. The number of aromatic nitrogens is 2. The molecule has 1 amide bonds. The largest absolute Gasteiger partial charge is 0.325 e. The van der Waals surface area contributed by atoms with Gasteiger partial charge in [-0.2, -0.15) is 13.8 Å². The minimum absolute atomic E-state index is 0.0132. The molecule has 2 N–H and O–H groups in total. The molecule has 2 aromatic rings. The fraction of sp³-hybridized carbons (Fsp3) is 0.389. The van der Waals surface area contributed by atoms with Gasteiger partial charge in [-0.05, 0) is 24.1 Å². The van der Waals surface area contributed by atoms with E-state index in [-0.39, 0.29) is 37.8 Å². The summed E-state index contributed by atoms with van der Waals surface area (Å²) in [5.41, 5.74) is 1.91. The Bertz CT molecular complexity index is 1080. The number of carbonyl (C=O) groups excluding carboxylic acids is 1. The fourth-order valence-corrected chi connectivity index (χ4v) is 3.43. The zero-order valence-electron chi connectivity index (χ0n) is 16.8. The van der Waals surface area contributed by atoms with Crippen LogP contribution in [0.3, 0.4) is 0 Å². The second kappa shape index (κ2) is 9.06. The van der Waals surface area contributed by atoms with Crippen LogP contribution in [0, 0.1) is 5.82 Å². The van der Waals surface area contributed by atoms with Gasteiger partial charge < -0.3 is 10.6 Å². The van der Waals surface area contributed by atoms with Crippen molar-refractivity contribution in [1.82, 2.24) is 14.3 Å². The first-order valence-corrected chi connectivity index (χ1v) is 11.1. The van der Waals surface area contributed by atoms with E-state index in [9.17, 15) is 26.4 Å². The Hall–Kier alpha value is -2.93. The molecule has 1 aromatic carbocycles. The molecule has 1 aromatic heterocycles. The Morgan fingerprint density at radius 2 is 2.03 bits per heavy atom. The maximum absolute atomic E-state index is 14.2. The summed E-state index contributed by atoms with van der Waals surface area (Å²) in [6.07, 6.45) is 2.08. The monoisotopic (exact) mass is 458 g/mol. The van der Waals surface area contributed by atoms with E-state index >= 15 is 0 Å². The molecule has 0 radical (unpaired) electrons. The van der Waals surface area contributed by atoms with Crippen LogP contribution < -0.4 is 15.5 Å². The van der Waals surface area contributed by atoms with E-state index in [2.05, 4.69) is 20.6 Å². The van der Waals surface area contributed by atoms with Crippen LogP contribution in [-0.4, -0.2) is 61.5 Å². The predicted octanol–water partition coefficient (Wildman–Crippen LogP) is 2.16. The summed E-state index contributed by atoms with van der Waals surface area (Å²) in [5.74, 6) is -1.89. The minimum Gasteiger partial charge on any atom is -0.325 e. The summed E-state index contributed by atoms with van der Waals surface area (Å²) in [5, 5.41) is 5.49. The Balaban J connectivity index is 1.75. The molecule has 31 heavy (non-hydrogen) atoms. The third-order valence-corrected chi connectivity index (χ3v) is 5.98. The molecule has 0 fully saturated rings. The third kappa shape index (κ3) is 5.61. The lowest BCUT2D eigenvalue weighted by atomic mass is 10.1. The molecule has 1 aliphatic heterocycles. The van der Waals surface area contributed by atoms with Gasteiger partial charge in [-0.3, -0.25) is 9.69 Å². The van der Waals surface area contributed by atoms with Crippen LogP contribution in [0.15, 0.2) is 24.4 Å². The first kappa shape index (κ1) is 22.7. The van der Waals surface area contributed by atoms with Crippen LogP contribution in [0.2, 0.25) is 0 Å². The molecule has 0 aliphatic carbocycles. The predicted molar refractivity (Wildman–Crippen MR) is 109 cm³/mol. The van der Waals surface area contributed by atoms with Crippen molar-refractivity contribution in [3.05, 3.63) is 35.8 Å². The van der Waals surface area contributed by atoms with E-state index in [1.165, 1.54) is 7.05 Å². The highest BCUT2D eigenvalue weighted by Crippen LogP contribution is 2.28. The first-order chi connectivity index (χ1) is 14.5. The molecular formula is C18H21F3N6O3S. The van der Waals surface area contributed by atoms with Crippen LogP contribution >= 0.6 is 0 Å². The molecule has 168 valence electrons. The van der Waals surface area contributed by atoms with Crippen LogP contribution in [0.5, 0.6) is 0 Å². The second-order valence-electron chi connectivity index (χ2n) is 7.00. The molecule has 9 nitrogen and oxygen atoms in total. The molecule has 13 heteroatoms. The molecule has 0 bridgehead atoms. The van der Waals surface area contributed by atoms with Crippen molar-refractivity contribution in [3.8, 4) is 0 Å². The van der Waals surface area contributed by atoms with E-state index in [4.69, 9.17) is 0 Å². The molecule has 2 heterocycles. The average molecular weight is 458 g/mol. The normalized spacial score (nSPS) is 13.5. The summed E-state index contributed by atoms with van der Waals surface area (Å²) in [4.78, 5) is 19.6. The van der Waals surface area contributed by atoms with Gasteiger partial charge in [0.15, 0.2) is 11.6 Å². The van der Waals surface area contributed by atoms with Crippen LogP contribution in [0.1, 0.15) is 12.0 Å². The number of fused-ring (bicyclic) bond motifs is 1. The number of carbonyl (C=O) groups is 1. The van der Waals surface area contributed by atoms with E-state index in [0.29, 0.717) is 16.3 Å². The molecule has 1 aliphatic rings. The van der Waals surface area contributed by atoms with Crippen molar-refractivity contribution >= 4 is 39.1 Å². The van der Waals surface area contributed by atoms with E-state index in [0.717, 1.165) is 22.3 Å². The Labute approximate surface area is 177 Å². The van der Waals surface area contributed by atoms with Crippen LogP contribution in [0.25, 0.3) is 0 Å². The van der Waals surface area contributed by atoms with Gasteiger partial charge in [0.05, 0.1) is 18.9 Å². The van der Waals surface area contributed by atoms with Crippen LogP contribution in [-0.2, 0) is 21.2 Å².